The van der Waals surface area contributed by atoms with Crippen molar-refractivity contribution in [1.29, 1.82) is 0 Å². The average molecular weight is 461 g/mol. The van der Waals surface area contributed by atoms with Crippen LogP contribution in [0.4, 0.5) is 17.6 Å². The van der Waals surface area contributed by atoms with Gasteiger partial charge in [0, 0.05) is 18.2 Å². The summed E-state index contributed by atoms with van der Waals surface area (Å²) in [4.78, 5) is 2.13. The van der Waals surface area contributed by atoms with Crippen LogP contribution >= 0.6 is 0 Å². The molecule has 168 valence electrons. The summed E-state index contributed by atoms with van der Waals surface area (Å²) in [5, 5.41) is 10.7. The van der Waals surface area contributed by atoms with E-state index in [2.05, 4.69) is 9.08 Å². The fourth-order valence-corrected chi connectivity index (χ4v) is 4.65. The van der Waals surface area contributed by atoms with Crippen molar-refractivity contribution in [2.75, 3.05) is 26.9 Å². The minimum Gasteiger partial charge on any atom is -0.504 e. The molecule has 6 nitrogen and oxygen atoms in total. The van der Waals surface area contributed by atoms with Gasteiger partial charge >= 0.3 is 15.6 Å². The van der Waals surface area contributed by atoms with Crippen LogP contribution < -0.4 is 8.92 Å². The fourth-order valence-electron chi connectivity index (χ4n) is 4.19. The minimum atomic E-state index is -5.95. The van der Waals surface area contributed by atoms with Crippen LogP contribution in [0.2, 0.25) is 0 Å². The largest absolute Gasteiger partial charge is 0.534 e. The highest BCUT2D eigenvalue weighted by molar-refractivity contribution is 7.88. The van der Waals surface area contributed by atoms with Crippen molar-refractivity contribution in [3.05, 3.63) is 41.0 Å². The number of rotatable bonds is 5. The molecule has 0 spiro atoms. The molecule has 1 atom stereocenters. The lowest BCUT2D eigenvalue weighted by Crippen LogP contribution is -2.35. The molecular weight excluding hydrogens is 442 g/mol. The number of nitrogens with zero attached hydrogens (tertiary/aromatic N) is 1. The maximum absolute atomic E-state index is 12.8. The molecule has 2 aromatic carbocycles. The first-order chi connectivity index (χ1) is 14.5. The van der Waals surface area contributed by atoms with Gasteiger partial charge in [0.1, 0.15) is 19.0 Å². The van der Waals surface area contributed by atoms with Crippen LogP contribution in [0.15, 0.2) is 24.3 Å². The molecule has 31 heavy (non-hydrogen) atoms. The van der Waals surface area contributed by atoms with Crippen LogP contribution in [0.1, 0.15) is 22.7 Å². The number of ether oxygens (including phenoxy) is 1. The summed E-state index contributed by atoms with van der Waals surface area (Å²) in [6, 6.07) is 5.80. The highest BCUT2D eigenvalue weighted by atomic mass is 32.2. The lowest BCUT2D eigenvalue weighted by Gasteiger charge is -2.40. The van der Waals surface area contributed by atoms with Gasteiger partial charge < -0.3 is 14.0 Å². The van der Waals surface area contributed by atoms with Gasteiger partial charge in [0.2, 0.25) is 0 Å². The molecule has 2 aromatic rings. The molecule has 0 fully saturated rings. The molecule has 0 radical (unpaired) electrons. The molecule has 2 aliphatic rings. The van der Waals surface area contributed by atoms with Crippen molar-refractivity contribution >= 4 is 10.1 Å². The molecule has 11 heteroatoms. The van der Waals surface area contributed by atoms with Gasteiger partial charge in [0.05, 0.1) is 0 Å². The molecule has 1 aliphatic carbocycles. The number of fused-ring (bicyclic) bond motifs is 2. The van der Waals surface area contributed by atoms with Gasteiger partial charge in [0.25, 0.3) is 0 Å². The van der Waals surface area contributed by atoms with Crippen molar-refractivity contribution < 1.29 is 40.0 Å². The Morgan fingerprint density at radius 3 is 2.65 bits per heavy atom. The zero-order chi connectivity index (χ0) is 22.6. The number of aromatic hydroxyl groups is 1. The molecular formula is C20H19F4NO5S. The third-order valence-corrected chi connectivity index (χ3v) is 6.54. The smallest absolute Gasteiger partial charge is 0.504 e. The van der Waals surface area contributed by atoms with E-state index in [4.69, 9.17) is 4.74 Å². The molecule has 1 aliphatic heterocycles. The van der Waals surface area contributed by atoms with E-state index in [9.17, 15) is 31.1 Å². The molecule has 0 saturated carbocycles. The average Bonchev–Trinajstić information content (AvgIpc) is 2.69. The van der Waals surface area contributed by atoms with Crippen LogP contribution in [0.5, 0.6) is 17.2 Å². The zero-order valence-electron chi connectivity index (χ0n) is 16.4. The van der Waals surface area contributed by atoms with Crippen LogP contribution in [0.3, 0.4) is 0 Å². The lowest BCUT2D eigenvalue weighted by molar-refractivity contribution is -0.0500. The highest BCUT2D eigenvalue weighted by Crippen LogP contribution is 2.51. The molecule has 0 saturated heterocycles. The lowest BCUT2D eigenvalue weighted by atomic mass is 9.76. The summed E-state index contributed by atoms with van der Waals surface area (Å²) >= 11 is 0. The number of halogens is 4. The first-order valence-electron chi connectivity index (χ1n) is 9.45. The molecule has 0 amide bonds. The topological polar surface area (TPSA) is 76.1 Å². The van der Waals surface area contributed by atoms with Gasteiger partial charge in [-0.15, -0.1) is 0 Å². The maximum Gasteiger partial charge on any atom is 0.534 e. The Morgan fingerprint density at radius 1 is 1.23 bits per heavy atom. The summed E-state index contributed by atoms with van der Waals surface area (Å²) in [6.45, 7) is -0.115. The van der Waals surface area contributed by atoms with Gasteiger partial charge in [-0.2, -0.15) is 21.6 Å². The Bertz CT molecular complexity index is 1130. The van der Waals surface area contributed by atoms with Crippen molar-refractivity contribution in [1.82, 2.24) is 4.90 Å². The van der Waals surface area contributed by atoms with Gasteiger partial charge in [-0.25, -0.2) is 4.39 Å². The summed E-state index contributed by atoms with van der Waals surface area (Å²) in [5.41, 5.74) is -2.54. The van der Waals surface area contributed by atoms with Crippen LogP contribution in [-0.4, -0.2) is 50.8 Å². The van der Waals surface area contributed by atoms with E-state index in [0.717, 1.165) is 23.7 Å². The normalized spacial score (nSPS) is 18.3. The number of likely N-dealkylation sites (N-methyl/N-ethyl adjacent to an activating group) is 1. The Labute approximate surface area is 176 Å². The SMILES string of the molecule is CN1CCc2cc(OCCF)cc3c2[C@H]1Cc1ccc(OS(=O)(=O)C(F)(F)F)c(O)c1-3. The van der Waals surface area contributed by atoms with E-state index < -0.39 is 33.8 Å². The zero-order valence-corrected chi connectivity index (χ0v) is 17.2. The quantitative estimate of drug-likeness (QED) is 0.416. The van der Waals surface area contributed by atoms with Gasteiger partial charge in [-0.1, -0.05) is 6.07 Å². The first-order valence-corrected chi connectivity index (χ1v) is 10.9. The Balaban J connectivity index is 1.88. The van der Waals surface area contributed by atoms with Gasteiger partial charge in [0.15, 0.2) is 11.5 Å². The standard InChI is InChI=1S/C20H19F4NO5S/c1-25-6-4-12-8-13(29-7-5-21)10-14-17(12)15(25)9-11-2-3-16(19(26)18(11)14)30-31(27,28)20(22,23)24/h2-3,8,10,15,26H,4-7,9H2,1H3/t15-/m1/s1. The summed E-state index contributed by atoms with van der Waals surface area (Å²) in [7, 11) is -4.01. The van der Waals surface area contributed by atoms with Crippen molar-refractivity contribution in [2.24, 2.45) is 0 Å². The molecule has 0 aromatic heterocycles. The number of benzene rings is 2. The van der Waals surface area contributed by atoms with Crippen LogP contribution in [0.25, 0.3) is 11.1 Å². The number of phenolic OH excluding ortho intramolecular Hbond substituents is 1. The Morgan fingerprint density at radius 2 is 1.97 bits per heavy atom. The highest BCUT2D eigenvalue weighted by Gasteiger charge is 2.49. The summed E-state index contributed by atoms with van der Waals surface area (Å²) in [5.74, 6) is -1.17. The van der Waals surface area contributed by atoms with E-state index in [1.807, 2.05) is 7.05 Å². The van der Waals surface area contributed by atoms with Gasteiger partial charge in [-0.05, 0) is 60.3 Å². The molecule has 0 bridgehead atoms. The predicted molar refractivity (Wildman–Crippen MR) is 103 cm³/mol. The predicted octanol–water partition coefficient (Wildman–Crippen LogP) is 3.72. The second kappa shape index (κ2) is 7.56. The maximum atomic E-state index is 12.8. The molecule has 0 unspecified atom stereocenters. The third kappa shape index (κ3) is 3.69. The van der Waals surface area contributed by atoms with E-state index in [0.29, 0.717) is 29.7 Å². The first kappa shape index (κ1) is 21.7. The number of phenols is 1. The van der Waals surface area contributed by atoms with Crippen molar-refractivity contribution in [3.8, 4) is 28.4 Å². The van der Waals surface area contributed by atoms with Crippen LogP contribution in [-0.2, 0) is 23.0 Å². The Hall–Kier alpha value is -2.53. The van der Waals surface area contributed by atoms with E-state index in [1.54, 1.807) is 12.1 Å². The van der Waals surface area contributed by atoms with Crippen LogP contribution in [0, 0.1) is 0 Å². The molecule has 1 heterocycles. The van der Waals surface area contributed by atoms with Crippen molar-refractivity contribution in [3.63, 3.8) is 0 Å². The van der Waals surface area contributed by atoms with Gasteiger partial charge in [-0.3, -0.25) is 4.90 Å². The van der Waals surface area contributed by atoms with E-state index in [1.165, 1.54) is 6.07 Å². The van der Waals surface area contributed by atoms with E-state index in [-0.39, 0.29) is 18.2 Å². The van der Waals surface area contributed by atoms with Crippen molar-refractivity contribution in [2.45, 2.75) is 24.4 Å². The summed E-state index contributed by atoms with van der Waals surface area (Å²) < 4.78 is 83.4. The number of hydrogen-bond acceptors (Lipinski definition) is 6. The monoisotopic (exact) mass is 461 g/mol. The van der Waals surface area contributed by atoms with E-state index >= 15 is 0 Å². The second-order valence-electron chi connectivity index (χ2n) is 7.46. The second-order valence-corrected chi connectivity index (χ2v) is 9.00. The third-order valence-electron chi connectivity index (χ3n) is 5.58. The fraction of sp³-hybridized carbons (Fsp3) is 0.400. The number of hydrogen-bond donors (Lipinski definition) is 1. The Kier molecular flexibility index (Phi) is 5.29. The molecule has 1 N–H and O–H groups in total. The molecule has 4 rings (SSSR count). The number of alkyl halides is 4. The summed E-state index contributed by atoms with van der Waals surface area (Å²) in [6.07, 6.45) is 1.13. The minimum absolute atomic E-state index is 0.0356.